The normalized spacial score (nSPS) is 16.3. The van der Waals surface area contributed by atoms with E-state index < -0.39 is 79.4 Å². The number of benzene rings is 4. The third-order valence-electron chi connectivity index (χ3n) is 11.6. The molecule has 4 aromatic carbocycles. The van der Waals surface area contributed by atoms with Crippen LogP contribution in [0.25, 0.3) is 0 Å². The van der Waals surface area contributed by atoms with Crippen LogP contribution in [0.3, 0.4) is 0 Å². The minimum Gasteiger partial charge on any atom is -0.480 e. The second-order valence-corrected chi connectivity index (χ2v) is 17.1. The van der Waals surface area contributed by atoms with Crippen LogP contribution in [0.4, 0.5) is 11.4 Å². The van der Waals surface area contributed by atoms with E-state index in [-0.39, 0.29) is 95.4 Å². The zero-order valence-electron chi connectivity index (χ0n) is 41.0. The zero-order valence-corrected chi connectivity index (χ0v) is 41.0. The molecule has 4 aliphatic heterocycles. The summed E-state index contributed by atoms with van der Waals surface area (Å²) in [7, 11) is 0. The number of ether oxygens (including phenoxy) is 5. The zero-order chi connectivity index (χ0) is 55.4. The number of aliphatic carboxylic acids is 2. The Hall–Kier alpha value is -9.20. The van der Waals surface area contributed by atoms with Gasteiger partial charge in [-0.25, -0.2) is 19.2 Å². The number of fused-ring (bicyclic) bond motifs is 2. The number of carboxylic acid groups (broad SMARTS) is 2. The maximum Gasteiger partial charge on any atom is 0.332 e. The third kappa shape index (κ3) is 16.9. The van der Waals surface area contributed by atoms with E-state index in [0.29, 0.717) is 33.6 Å². The lowest BCUT2D eigenvalue weighted by Gasteiger charge is -2.29. The first kappa shape index (κ1) is 57.1. The van der Waals surface area contributed by atoms with Crippen LogP contribution in [0.1, 0.15) is 68.7 Å². The minimum absolute atomic E-state index is 0.114. The Labute approximate surface area is 438 Å². The van der Waals surface area contributed by atoms with Crippen molar-refractivity contribution in [3.8, 4) is 0 Å². The maximum absolute atomic E-state index is 12.8. The number of carbonyl (C=O) groups excluding carboxylic acids is 10. The van der Waals surface area contributed by atoms with Gasteiger partial charge in [-0.2, -0.15) is 0 Å². The fourth-order valence-corrected chi connectivity index (χ4v) is 8.02. The first-order chi connectivity index (χ1) is 37.0. The Morgan fingerprint density at radius 1 is 0.494 bits per heavy atom. The van der Waals surface area contributed by atoms with Crippen LogP contribution in [0.5, 0.6) is 0 Å². The van der Waals surface area contributed by atoms with Crippen molar-refractivity contribution in [3.05, 3.63) is 130 Å². The summed E-state index contributed by atoms with van der Waals surface area (Å²) in [5, 5.41) is 26.5. The summed E-state index contributed by atoms with van der Waals surface area (Å²) in [6.45, 7) is -2.12. The Morgan fingerprint density at radius 2 is 0.870 bits per heavy atom. The van der Waals surface area contributed by atoms with E-state index >= 15 is 0 Å². The van der Waals surface area contributed by atoms with E-state index in [1.165, 1.54) is 9.80 Å². The summed E-state index contributed by atoms with van der Waals surface area (Å²) >= 11 is 0. The van der Waals surface area contributed by atoms with Gasteiger partial charge in [0.15, 0.2) is 0 Å². The number of hydrogen-bond acceptors (Lipinski definition) is 17. The molecule has 4 aliphatic rings. The standard InChI is InChI=1S/C24H23N3O7.C17H17N3O7.C11H12O5/c28-20-10-9-19(23(31)26-20)27-11-17-16(24(27)32)7-4-8-18(17)25-21(29)13-33-14-22(30)34-12-15-5-2-1-3-6-15;21-13-5-4-12(16(25)19-13)20-6-10-9(17(20)26)2-1-3-11(10)18-14(22)7-27-8-15(23)24;12-10(13)7-15-8-11(14)16-6-9-4-2-1-3-5-9/h1-8,19H,9-14H2,(H,25,29)(H,26,28,31);1-3,12H,4-8H2,(H,18,22)(H,23,24)(H,19,21,25);1-5H,6-8H2,(H,12,13). The summed E-state index contributed by atoms with van der Waals surface area (Å²) in [4.78, 5) is 143. The highest BCUT2D eigenvalue weighted by Gasteiger charge is 2.41. The molecule has 404 valence electrons. The van der Waals surface area contributed by atoms with Crippen molar-refractivity contribution in [1.29, 1.82) is 0 Å². The van der Waals surface area contributed by atoms with E-state index in [1.807, 2.05) is 60.7 Å². The molecule has 8 rings (SSSR count). The molecule has 25 heteroatoms. The molecule has 0 spiro atoms. The Balaban J connectivity index is 0.000000199. The van der Waals surface area contributed by atoms with Crippen molar-refractivity contribution >= 4 is 82.5 Å². The number of carbonyl (C=O) groups is 12. The van der Waals surface area contributed by atoms with Gasteiger partial charge in [-0.1, -0.05) is 72.8 Å². The molecule has 77 heavy (non-hydrogen) atoms. The van der Waals surface area contributed by atoms with Gasteiger partial charge >= 0.3 is 23.9 Å². The van der Waals surface area contributed by atoms with Gasteiger partial charge in [0.25, 0.3) is 11.8 Å². The highest BCUT2D eigenvalue weighted by Crippen LogP contribution is 2.34. The number of nitrogens with zero attached hydrogens (tertiary/aromatic N) is 2. The van der Waals surface area contributed by atoms with Crippen LogP contribution >= 0.6 is 0 Å². The van der Waals surface area contributed by atoms with Gasteiger partial charge < -0.3 is 54.3 Å². The largest absolute Gasteiger partial charge is 0.480 e. The number of esters is 2. The van der Waals surface area contributed by atoms with Gasteiger partial charge in [0, 0.05) is 59.6 Å². The summed E-state index contributed by atoms with van der Waals surface area (Å²) in [6, 6.07) is 26.6. The summed E-state index contributed by atoms with van der Waals surface area (Å²) < 4.78 is 24.4. The molecule has 0 saturated carbocycles. The van der Waals surface area contributed by atoms with E-state index in [2.05, 4.69) is 26.0 Å². The van der Waals surface area contributed by atoms with Gasteiger partial charge in [0.1, 0.15) is 64.9 Å². The number of rotatable bonds is 20. The highest BCUT2D eigenvalue weighted by atomic mass is 16.6. The number of carboxylic acids is 2. The van der Waals surface area contributed by atoms with Crippen LogP contribution < -0.4 is 21.3 Å². The smallest absolute Gasteiger partial charge is 0.332 e. The molecule has 0 bridgehead atoms. The van der Waals surface area contributed by atoms with Crippen LogP contribution in [-0.4, -0.2) is 143 Å². The van der Waals surface area contributed by atoms with Crippen molar-refractivity contribution in [2.45, 2.75) is 64.1 Å². The van der Waals surface area contributed by atoms with E-state index in [1.54, 1.807) is 36.4 Å². The Kier molecular flexibility index (Phi) is 20.7. The molecular weight excluding hydrogens is 1010 g/mol. The molecule has 2 atom stereocenters. The molecule has 2 unspecified atom stereocenters. The first-order valence-electron chi connectivity index (χ1n) is 23.7. The average molecular weight is 1070 g/mol. The molecule has 6 N–H and O–H groups in total. The monoisotopic (exact) mass is 1060 g/mol. The molecule has 0 radical (unpaired) electrons. The maximum atomic E-state index is 12.8. The van der Waals surface area contributed by atoms with E-state index in [0.717, 1.165) is 11.1 Å². The topological polar surface area (TPSA) is 346 Å². The molecular formula is C52H52N6O19. The van der Waals surface area contributed by atoms with Crippen LogP contribution in [0.15, 0.2) is 97.1 Å². The molecule has 0 aromatic heterocycles. The van der Waals surface area contributed by atoms with Crippen molar-refractivity contribution in [3.63, 3.8) is 0 Å². The molecule has 25 nitrogen and oxygen atoms in total. The lowest BCUT2D eigenvalue weighted by atomic mass is 10.0. The fraction of sp³-hybridized carbons (Fsp3) is 0.308. The lowest BCUT2D eigenvalue weighted by molar-refractivity contribution is -0.154. The SMILES string of the molecule is O=C(O)COCC(=O)Nc1cccc2c1CN(C1CCC(=O)NC1=O)C2=O.O=C(O)COCC(=O)OCc1ccccc1.O=C1CCC(N2Cc3c(NC(=O)COCC(=O)OCc4ccccc4)cccc3C2=O)C(=O)N1. The Morgan fingerprint density at radius 3 is 1.25 bits per heavy atom. The third-order valence-corrected chi connectivity index (χ3v) is 11.6. The number of amides is 8. The number of imide groups is 2. The lowest BCUT2D eigenvalue weighted by Crippen LogP contribution is -2.52. The quantitative estimate of drug-likeness (QED) is 0.0539. The molecule has 4 aromatic rings. The summed E-state index contributed by atoms with van der Waals surface area (Å²) in [6.07, 6.45) is 0.807. The predicted octanol–water partition coefficient (Wildman–Crippen LogP) is 1.46. The van der Waals surface area contributed by atoms with E-state index in [9.17, 15) is 57.5 Å². The van der Waals surface area contributed by atoms with Crippen molar-refractivity contribution in [2.75, 3.05) is 50.3 Å². The molecule has 2 fully saturated rings. The summed E-state index contributed by atoms with van der Waals surface area (Å²) in [5.74, 6) is -6.96. The second kappa shape index (κ2) is 27.9. The molecule has 2 saturated heterocycles. The van der Waals surface area contributed by atoms with Gasteiger partial charge in [-0.15, -0.1) is 0 Å². The predicted molar refractivity (Wildman–Crippen MR) is 262 cm³/mol. The average Bonchev–Trinajstić information content (AvgIpc) is 3.99. The number of nitrogens with one attached hydrogen (secondary N) is 4. The van der Waals surface area contributed by atoms with Gasteiger partial charge in [-0.05, 0) is 48.2 Å². The minimum atomic E-state index is -1.19. The van der Waals surface area contributed by atoms with Crippen molar-refractivity contribution < 1.29 is 91.4 Å². The number of hydrogen-bond donors (Lipinski definition) is 6. The first-order valence-corrected chi connectivity index (χ1v) is 23.7. The second-order valence-electron chi connectivity index (χ2n) is 17.1. The van der Waals surface area contributed by atoms with Crippen LogP contribution in [0, 0.1) is 0 Å². The van der Waals surface area contributed by atoms with Gasteiger partial charge in [0.05, 0.1) is 0 Å². The molecule has 8 amide bonds. The van der Waals surface area contributed by atoms with Gasteiger partial charge in [-0.3, -0.25) is 49.0 Å². The fourth-order valence-electron chi connectivity index (χ4n) is 8.02. The molecule has 0 aliphatic carbocycles. The Bertz CT molecular complexity index is 2900. The van der Waals surface area contributed by atoms with Gasteiger partial charge in [0.2, 0.25) is 35.4 Å². The van der Waals surface area contributed by atoms with Crippen LogP contribution in [-0.2, 0) is 97.9 Å². The van der Waals surface area contributed by atoms with Crippen molar-refractivity contribution in [2.24, 2.45) is 0 Å². The van der Waals surface area contributed by atoms with Crippen LogP contribution in [0.2, 0.25) is 0 Å². The highest BCUT2D eigenvalue weighted by molar-refractivity contribution is 6.08. The summed E-state index contributed by atoms with van der Waals surface area (Å²) in [5.41, 5.74) is 4.39. The number of piperidine rings is 2. The van der Waals surface area contributed by atoms with Crippen molar-refractivity contribution in [1.82, 2.24) is 20.4 Å². The number of anilines is 2. The molecule has 4 heterocycles. The van der Waals surface area contributed by atoms with E-state index in [4.69, 9.17) is 29.2 Å².